The van der Waals surface area contributed by atoms with Crippen LogP contribution in [0.15, 0.2) is 95.9 Å². The van der Waals surface area contributed by atoms with E-state index in [1.54, 1.807) is 48.5 Å². The predicted molar refractivity (Wildman–Crippen MR) is 156 cm³/mol. The Kier molecular flexibility index (Phi) is 9.35. The number of carbonyl (C=O) groups excluding carboxylic acids is 2. The smallest absolute Gasteiger partial charge is 0.263 e. The maximum Gasteiger partial charge on any atom is 0.263 e. The van der Waals surface area contributed by atoms with Crippen LogP contribution in [0.4, 0.5) is 11.4 Å². The number of anilines is 2. The summed E-state index contributed by atoms with van der Waals surface area (Å²) in [6, 6.07) is 27.0. The molecule has 39 heavy (non-hydrogen) atoms. The van der Waals surface area contributed by atoms with Crippen LogP contribution < -0.4 is 24.8 Å². The van der Waals surface area contributed by atoms with Crippen molar-refractivity contribution >= 4 is 46.6 Å². The van der Waals surface area contributed by atoms with Crippen LogP contribution in [-0.2, 0) is 4.79 Å². The van der Waals surface area contributed by atoms with Crippen molar-refractivity contribution in [1.82, 2.24) is 0 Å². The third-order valence-electron chi connectivity index (χ3n) is 5.78. The van der Waals surface area contributed by atoms with Crippen LogP contribution >= 0.6 is 23.4 Å². The van der Waals surface area contributed by atoms with Crippen LogP contribution in [-0.4, -0.2) is 33.1 Å². The van der Waals surface area contributed by atoms with Gasteiger partial charge in [-0.1, -0.05) is 48.0 Å². The number of benzene rings is 4. The van der Waals surface area contributed by atoms with Crippen LogP contribution in [0.3, 0.4) is 0 Å². The van der Waals surface area contributed by atoms with E-state index in [4.69, 9.17) is 25.8 Å². The van der Waals surface area contributed by atoms with Crippen LogP contribution in [0.25, 0.3) is 0 Å². The first-order chi connectivity index (χ1) is 18.9. The van der Waals surface area contributed by atoms with Gasteiger partial charge >= 0.3 is 0 Å². The lowest BCUT2D eigenvalue weighted by atomic mass is 10.1. The first-order valence-electron chi connectivity index (χ1n) is 11.9. The molecule has 4 aromatic carbocycles. The molecule has 0 aliphatic rings. The highest BCUT2D eigenvalue weighted by molar-refractivity contribution is 8.00. The van der Waals surface area contributed by atoms with E-state index in [0.29, 0.717) is 39.2 Å². The van der Waals surface area contributed by atoms with Crippen LogP contribution in [0.5, 0.6) is 17.2 Å². The second-order valence-electron chi connectivity index (χ2n) is 8.26. The Morgan fingerprint density at radius 2 is 1.33 bits per heavy atom. The minimum Gasteiger partial charge on any atom is -0.496 e. The van der Waals surface area contributed by atoms with Crippen LogP contribution in [0, 0.1) is 0 Å². The van der Waals surface area contributed by atoms with Gasteiger partial charge in [0.2, 0.25) is 5.91 Å². The van der Waals surface area contributed by atoms with Gasteiger partial charge in [0.15, 0.2) is 0 Å². The fraction of sp³-hybridized carbons (Fsp3) is 0.133. The molecule has 2 N–H and O–H groups in total. The highest BCUT2D eigenvalue weighted by Crippen LogP contribution is 2.37. The van der Waals surface area contributed by atoms with Gasteiger partial charge in [-0.25, -0.2) is 0 Å². The molecule has 7 nitrogen and oxygen atoms in total. The fourth-order valence-corrected chi connectivity index (χ4v) is 5.16. The summed E-state index contributed by atoms with van der Waals surface area (Å²) in [5, 5.41) is 5.70. The van der Waals surface area contributed by atoms with Gasteiger partial charge in [0, 0.05) is 16.3 Å². The van der Waals surface area contributed by atoms with E-state index in [9.17, 15) is 9.59 Å². The van der Waals surface area contributed by atoms with E-state index in [1.165, 1.54) is 33.1 Å². The Bertz CT molecular complexity index is 1430. The number of hydrogen-bond acceptors (Lipinski definition) is 6. The van der Waals surface area contributed by atoms with Gasteiger partial charge in [0.1, 0.15) is 28.1 Å². The SMILES string of the molecule is COc1ccc(NC(=O)C(Sc2ccc(NC(=O)c3c(OC)cccc3OC)cc2)c2ccccc2)cc1Cl. The van der Waals surface area contributed by atoms with E-state index < -0.39 is 5.25 Å². The number of carbonyl (C=O) groups is 2. The summed E-state index contributed by atoms with van der Waals surface area (Å²) in [6.07, 6.45) is 0. The van der Waals surface area contributed by atoms with E-state index >= 15 is 0 Å². The second-order valence-corrected chi connectivity index (χ2v) is 9.85. The number of rotatable bonds is 10. The molecule has 0 bridgehead atoms. The maximum absolute atomic E-state index is 13.4. The van der Waals surface area contributed by atoms with Gasteiger partial charge < -0.3 is 24.8 Å². The molecule has 0 saturated carbocycles. The first kappa shape index (κ1) is 27.9. The van der Waals surface area contributed by atoms with Crippen LogP contribution in [0.1, 0.15) is 21.2 Å². The summed E-state index contributed by atoms with van der Waals surface area (Å²) in [6.45, 7) is 0. The van der Waals surface area contributed by atoms with Crippen molar-refractivity contribution < 1.29 is 23.8 Å². The molecule has 2 amide bonds. The largest absolute Gasteiger partial charge is 0.496 e. The molecule has 4 rings (SSSR count). The minimum absolute atomic E-state index is 0.201. The Balaban J connectivity index is 1.51. The van der Waals surface area contributed by atoms with Crippen molar-refractivity contribution in [3.05, 3.63) is 107 Å². The summed E-state index contributed by atoms with van der Waals surface area (Å²) < 4.78 is 15.9. The Labute approximate surface area is 236 Å². The van der Waals surface area contributed by atoms with Gasteiger partial charge in [-0.15, -0.1) is 11.8 Å². The molecule has 0 spiro atoms. The van der Waals surface area contributed by atoms with E-state index in [-0.39, 0.29) is 11.8 Å². The zero-order valence-corrected chi connectivity index (χ0v) is 23.1. The summed E-state index contributed by atoms with van der Waals surface area (Å²) >= 11 is 7.63. The molecule has 0 saturated heterocycles. The zero-order valence-electron chi connectivity index (χ0n) is 21.6. The Morgan fingerprint density at radius 3 is 1.92 bits per heavy atom. The molecule has 200 valence electrons. The molecule has 9 heteroatoms. The van der Waals surface area contributed by atoms with Crippen molar-refractivity contribution in [3.8, 4) is 17.2 Å². The number of amides is 2. The third kappa shape index (κ3) is 6.85. The standard InChI is InChI=1S/C30H27ClN2O5S/c1-36-24-17-14-21(18-23(24)31)33-30(35)28(19-8-5-4-6-9-19)39-22-15-12-20(13-16-22)32-29(34)27-25(37-2)10-7-11-26(27)38-3/h4-18,28H,1-3H3,(H,32,34)(H,33,35). The van der Waals surface area contributed by atoms with Gasteiger partial charge in [-0.2, -0.15) is 0 Å². The van der Waals surface area contributed by atoms with Gasteiger partial charge in [-0.05, 0) is 60.2 Å². The second kappa shape index (κ2) is 13.1. The Morgan fingerprint density at radius 1 is 0.718 bits per heavy atom. The molecule has 1 unspecified atom stereocenters. The third-order valence-corrected chi connectivity index (χ3v) is 7.34. The van der Waals surface area contributed by atoms with E-state index in [2.05, 4.69) is 10.6 Å². The summed E-state index contributed by atoms with van der Waals surface area (Å²) in [5.41, 5.74) is 2.31. The van der Waals surface area contributed by atoms with Crippen molar-refractivity contribution in [1.29, 1.82) is 0 Å². The molecule has 0 heterocycles. The summed E-state index contributed by atoms with van der Waals surface area (Å²) in [7, 11) is 4.54. The van der Waals surface area contributed by atoms with E-state index in [0.717, 1.165) is 10.5 Å². The van der Waals surface area contributed by atoms with Crippen molar-refractivity contribution in [2.24, 2.45) is 0 Å². The highest BCUT2D eigenvalue weighted by atomic mass is 35.5. The van der Waals surface area contributed by atoms with Crippen molar-refractivity contribution in [2.75, 3.05) is 32.0 Å². The topological polar surface area (TPSA) is 85.9 Å². The lowest BCUT2D eigenvalue weighted by Crippen LogP contribution is -2.19. The van der Waals surface area contributed by atoms with Gasteiger partial charge in [0.05, 0.1) is 26.4 Å². The monoisotopic (exact) mass is 562 g/mol. The molecule has 0 radical (unpaired) electrons. The molecular formula is C30H27ClN2O5S. The summed E-state index contributed by atoms with van der Waals surface area (Å²) in [4.78, 5) is 27.2. The van der Waals surface area contributed by atoms with Gasteiger partial charge in [-0.3, -0.25) is 9.59 Å². The maximum atomic E-state index is 13.4. The Hall–Kier alpha value is -4.14. The minimum atomic E-state index is -0.537. The molecular weight excluding hydrogens is 536 g/mol. The average Bonchev–Trinajstić information content (AvgIpc) is 2.96. The van der Waals surface area contributed by atoms with E-state index in [1.807, 2.05) is 42.5 Å². The normalized spacial score (nSPS) is 11.3. The zero-order chi connectivity index (χ0) is 27.8. The van der Waals surface area contributed by atoms with Gasteiger partial charge in [0.25, 0.3) is 5.91 Å². The number of nitrogens with one attached hydrogen (secondary N) is 2. The quantitative estimate of drug-likeness (QED) is 0.201. The number of halogens is 1. The average molecular weight is 563 g/mol. The number of methoxy groups -OCH3 is 3. The number of thioether (sulfide) groups is 1. The van der Waals surface area contributed by atoms with Crippen LogP contribution in [0.2, 0.25) is 5.02 Å². The molecule has 0 fully saturated rings. The first-order valence-corrected chi connectivity index (χ1v) is 13.2. The van der Waals surface area contributed by atoms with Crippen molar-refractivity contribution in [2.45, 2.75) is 10.1 Å². The highest BCUT2D eigenvalue weighted by Gasteiger charge is 2.23. The predicted octanol–water partition coefficient (Wildman–Crippen LogP) is 7.09. The number of hydrogen-bond donors (Lipinski definition) is 2. The molecule has 1 atom stereocenters. The fourth-order valence-electron chi connectivity index (χ4n) is 3.87. The molecule has 0 aliphatic carbocycles. The summed E-state index contributed by atoms with van der Waals surface area (Å²) in [5.74, 6) is 0.792. The van der Waals surface area contributed by atoms with Crippen molar-refractivity contribution in [3.63, 3.8) is 0 Å². The number of ether oxygens (including phenoxy) is 3. The molecule has 4 aromatic rings. The lowest BCUT2D eigenvalue weighted by Gasteiger charge is -2.18. The lowest BCUT2D eigenvalue weighted by molar-refractivity contribution is -0.115. The molecule has 0 aliphatic heterocycles. The molecule has 0 aromatic heterocycles.